The fourth-order valence-electron chi connectivity index (χ4n) is 3.02. The zero-order valence-electron chi connectivity index (χ0n) is 16.4. The molecule has 1 aromatic rings. The lowest BCUT2D eigenvalue weighted by Gasteiger charge is -2.34. The molecule has 1 aromatic heterocycles. The Morgan fingerprint density at radius 3 is 2.61 bits per heavy atom. The molecule has 9 nitrogen and oxygen atoms in total. The molecule has 28 heavy (non-hydrogen) atoms. The Balaban J connectivity index is 1.74. The summed E-state index contributed by atoms with van der Waals surface area (Å²) in [7, 11) is 1.60. The fraction of sp³-hybridized carbons (Fsp3) is 0.632. The summed E-state index contributed by atoms with van der Waals surface area (Å²) in [5.41, 5.74) is 0. The number of hydrogen-bond acceptors (Lipinski definition) is 7. The molecular weight excluding hydrogens is 362 g/mol. The predicted molar refractivity (Wildman–Crippen MR) is 102 cm³/mol. The summed E-state index contributed by atoms with van der Waals surface area (Å²) in [6, 6.07) is 5.70. The van der Waals surface area contributed by atoms with Gasteiger partial charge in [-0.05, 0) is 12.1 Å². The summed E-state index contributed by atoms with van der Waals surface area (Å²) in [5.74, 6) is 0.677. The zero-order chi connectivity index (χ0) is 20.2. The van der Waals surface area contributed by atoms with Crippen molar-refractivity contribution in [2.24, 2.45) is 0 Å². The van der Waals surface area contributed by atoms with Crippen molar-refractivity contribution < 1.29 is 18.7 Å². The van der Waals surface area contributed by atoms with Gasteiger partial charge in [-0.15, -0.1) is 0 Å². The second-order valence-corrected chi connectivity index (χ2v) is 6.70. The van der Waals surface area contributed by atoms with Gasteiger partial charge in [-0.25, -0.2) is 0 Å². The first-order valence-electron chi connectivity index (χ1n) is 9.50. The monoisotopic (exact) mass is 391 g/mol. The van der Waals surface area contributed by atoms with Gasteiger partial charge in [-0.1, -0.05) is 0 Å². The third-order valence-corrected chi connectivity index (χ3v) is 4.59. The maximum Gasteiger partial charge on any atom is 0.237 e. The number of furan rings is 1. The molecule has 0 atom stereocenters. The molecule has 1 N–H and O–H groups in total. The van der Waals surface area contributed by atoms with Crippen LogP contribution < -0.4 is 5.32 Å². The Hall–Kier alpha value is -2.41. The van der Waals surface area contributed by atoms with Crippen molar-refractivity contribution in [3.8, 4) is 6.07 Å². The number of ether oxygens (including phenoxy) is 1. The van der Waals surface area contributed by atoms with Gasteiger partial charge >= 0.3 is 0 Å². The minimum atomic E-state index is -0.0163. The van der Waals surface area contributed by atoms with Crippen molar-refractivity contribution >= 4 is 11.8 Å². The van der Waals surface area contributed by atoms with Crippen LogP contribution in [0.3, 0.4) is 0 Å². The number of rotatable bonds is 11. The lowest BCUT2D eigenvalue weighted by molar-refractivity contribution is -0.134. The molecule has 0 radical (unpaired) electrons. The number of hydrogen-bond donors (Lipinski definition) is 1. The Morgan fingerprint density at radius 2 is 2.00 bits per heavy atom. The molecule has 0 saturated carbocycles. The van der Waals surface area contributed by atoms with Gasteiger partial charge in [0.15, 0.2) is 0 Å². The standard InChI is InChI=1S/C19H29N5O4/c1-27-13-6-21-18(25)15-22-8-10-23(11-9-22)16-19(26)24(7-3-5-20)14-17-4-2-12-28-17/h2,4,12H,3,6-11,13-16H2,1H3,(H,21,25). The molecule has 154 valence electrons. The summed E-state index contributed by atoms with van der Waals surface area (Å²) in [6.07, 6.45) is 1.87. The van der Waals surface area contributed by atoms with Crippen LogP contribution in [0.2, 0.25) is 0 Å². The fourth-order valence-corrected chi connectivity index (χ4v) is 3.02. The minimum Gasteiger partial charge on any atom is -0.467 e. The van der Waals surface area contributed by atoms with Crippen molar-refractivity contribution in [2.45, 2.75) is 13.0 Å². The third-order valence-electron chi connectivity index (χ3n) is 4.59. The van der Waals surface area contributed by atoms with Gasteiger partial charge < -0.3 is 19.4 Å². The first kappa shape index (κ1) is 21.9. The van der Waals surface area contributed by atoms with Gasteiger partial charge in [0.1, 0.15) is 5.76 Å². The molecule has 2 heterocycles. The van der Waals surface area contributed by atoms with Crippen molar-refractivity contribution in [1.82, 2.24) is 20.0 Å². The SMILES string of the molecule is COCCNC(=O)CN1CCN(CC(=O)N(CCC#N)Cc2ccco2)CC1. The number of nitriles is 1. The van der Waals surface area contributed by atoms with E-state index in [-0.39, 0.29) is 11.8 Å². The quantitative estimate of drug-likeness (QED) is 0.526. The maximum absolute atomic E-state index is 12.7. The van der Waals surface area contributed by atoms with Crippen LogP contribution in [-0.4, -0.2) is 92.6 Å². The molecule has 0 aromatic carbocycles. The van der Waals surface area contributed by atoms with E-state index in [0.29, 0.717) is 51.5 Å². The number of carbonyl (C=O) groups is 2. The van der Waals surface area contributed by atoms with E-state index in [1.807, 2.05) is 6.07 Å². The lowest BCUT2D eigenvalue weighted by Crippen LogP contribution is -2.52. The molecule has 0 spiro atoms. The number of carbonyl (C=O) groups excluding carboxylic acids is 2. The molecule has 0 unspecified atom stereocenters. The topological polar surface area (TPSA) is 102 Å². The van der Waals surface area contributed by atoms with E-state index >= 15 is 0 Å². The van der Waals surface area contributed by atoms with Crippen LogP contribution in [0.5, 0.6) is 0 Å². The van der Waals surface area contributed by atoms with Crippen LogP contribution in [0.4, 0.5) is 0 Å². The highest BCUT2D eigenvalue weighted by Crippen LogP contribution is 2.08. The third kappa shape index (κ3) is 7.68. The van der Waals surface area contributed by atoms with Gasteiger partial charge in [0.25, 0.3) is 0 Å². The first-order chi connectivity index (χ1) is 13.6. The molecule has 1 aliphatic rings. The molecule has 1 saturated heterocycles. The van der Waals surface area contributed by atoms with Crippen molar-refractivity contribution in [3.63, 3.8) is 0 Å². The molecule has 9 heteroatoms. The molecule has 1 fully saturated rings. The molecule has 0 bridgehead atoms. The average Bonchev–Trinajstić information content (AvgIpc) is 3.20. The van der Waals surface area contributed by atoms with Crippen LogP contribution >= 0.6 is 0 Å². The van der Waals surface area contributed by atoms with Crippen LogP contribution in [0.1, 0.15) is 12.2 Å². The van der Waals surface area contributed by atoms with Gasteiger partial charge in [-0.3, -0.25) is 19.4 Å². The van der Waals surface area contributed by atoms with E-state index < -0.39 is 0 Å². The largest absolute Gasteiger partial charge is 0.467 e. The number of nitrogens with one attached hydrogen (secondary N) is 1. The van der Waals surface area contributed by atoms with Gasteiger partial charge in [0.2, 0.25) is 11.8 Å². The van der Waals surface area contributed by atoms with Crippen molar-refractivity contribution in [1.29, 1.82) is 5.26 Å². The smallest absolute Gasteiger partial charge is 0.237 e. The van der Waals surface area contributed by atoms with Crippen LogP contribution in [0.15, 0.2) is 22.8 Å². The van der Waals surface area contributed by atoms with Gasteiger partial charge in [0.05, 0.1) is 45.0 Å². The minimum absolute atomic E-state index is 0.0114. The predicted octanol–water partition coefficient (Wildman–Crippen LogP) is -0.0979. The molecular formula is C19H29N5O4. The summed E-state index contributed by atoms with van der Waals surface area (Å²) in [6.45, 7) is 5.36. The Kier molecular flexibility index (Phi) is 9.48. The highest BCUT2D eigenvalue weighted by atomic mass is 16.5. The van der Waals surface area contributed by atoms with E-state index in [2.05, 4.69) is 21.2 Å². The molecule has 2 rings (SSSR count). The molecule has 1 aliphatic heterocycles. The lowest BCUT2D eigenvalue weighted by atomic mass is 10.2. The van der Waals surface area contributed by atoms with Crippen LogP contribution in [0, 0.1) is 11.3 Å². The Bertz CT molecular complexity index is 635. The molecule has 0 aliphatic carbocycles. The zero-order valence-corrected chi connectivity index (χ0v) is 16.4. The van der Waals surface area contributed by atoms with E-state index in [9.17, 15) is 9.59 Å². The Morgan fingerprint density at radius 1 is 1.29 bits per heavy atom. The highest BCUT2D eigenvalue weighted by Gasteiger charge is 2.23. The summed E-state index contributed by atoms with van der Waals surface area (Å²) in [5, 5.41) is 11.7. The van der Waals surface area contributed by atoms with Crippen molar-refractivity contribution in [3.05, 3.63) is 24.2 Å². The summed E-state index contributed by atoms with van der Waals surface area (Å²) >= 11 is 0. The summed E-state index contributed by atoms with van der Waals surface area (Å²) in [4.78, 5) is 30.4. The van der Waals surface area contributed by atoms with Crippen LogP contribution in [0.25, 0.3) is 0 Å². The second kappa shape index (κ2) is 12.1. The van der Waals surface area contributed by atoms with E-state index in [0.717, 1.165) is 26.2 Å². The normalized spacial score (nSPS) is 15.1. The van der Waals surface area contributed by atoms with E-state index in [1.165, 1.54) is 0 Å². The number of methoxy groups -OCH3 is 1. The van der Waals surface area contributed by atoms with E-state index in [1.54, 1.807) is 24.3 Å². The van der Waals surface area contributed by atoms with Crippen LogP contribution in [-0.2, 0) is 20.9 Å². The summed E-state index contributed by atoms with van der Waals surface area (Å²) < 4.78 is 10.2. The number of amides is 2. The second-order valence-electron chi connectivity index (χ2n) is 6.70. The number of nitrogens with zero attached hydrogens (tertiary/aromatic N) is 4. The van der Waals surface area contributed by atoms with Crippen molar-refractivity contribution in [2.75, 3.05) is 66.1 Å². The maximum atomic E-state index is 12.7. The first-order valence-corrected chi connectivity index (χ1v) is 9.50. The highest BCUT2D eigenvalue weighted by molar-refractivity contribution is 5.78. The number of piperazine rings is 1. The van der Waals surface area contributed by atoms with E-state index in [4.69, 9.17) is 14.4 Å². The Labute approximate surface area is 165 Å². The van der Waals surface area contributed by atoms with Gasteiger partial charge in [-0.2, -0.15) is 5.26 Å². The average molecular weight is 391 g/mol. The van der Waals surface area contributed by atoms with Gasteiger partial charge in [0, 0.05) is 46.4 Å². The molecule has 2 amide bonds.